The van der Waals surface area contributed by atoms with Crippen LogP contribution in [0.5, 0.6) is 5.75 Å². The molecule has 0 aliphatic carbocycles. The van der Waals surface area contributed by atoms with E-state index in [4.69, 9.17) is 18.6 Å². The third-order valence-corrected chi connectivity index (χ3v) is 5.70. The number of ether oxygens (including phenoxy) is 3. The monoisotopic (exact) mass is 425 g/mol. The number of unbranched alkanes of at least 4 members (excludes halogenated alkanes) is 2. The number of aromatic nitrogens is 1. The minimum Gasteiger partial charge on any atom is -0.487 e. The predicted octanol–water partition coefficient (Wildman–Crippen LogP) is 5.20. The molecule has 31 heavy (non-hydrogen) atoms. The molecule has 6 nitrogen and oxygen atoms in total. The molecule has 0 amide bonds. The van der Waals surface area contributed by atoms with Gasteiger partial charge in [-0.15, -0.1) is 0 Å². The Morgan fingerprint density at radius 3 is 2.87 bits per heavy atom. The lowest BCUT2D eigenvalue weighted by Crippen LogP contribution is -2.22. The number of nitrogens with zero attached hydrogens (tertiary/aromatic N) is 1. The minimum atomic E-state index is -0.205. The van der Waals surface area contributed by atoms with Crippen LogP contribution in [0.15, 0.2) is 51.9 Å². The topological polar surface area (TPSA) is 62.8 Å². The van der Waals surface area contributed by atoms with Gasteiger partial charge >= 0.3 is 0 Å². The standard InChI is InChI=1S/C25H31NO5/c1-19-15-20-9-3-4-10-22(20)26(19)12-6-2-7-13-28-24-18-30-21(16-23(24)27)17-31-25-11-5-8-14-29-25/h3-4,9-10,15-16,18,25H,2,5-8,11-14,17H2,1H3. The van der Waals surface area contributed by atoms with E-state index in [1.807, 2.05) is 0 Å². The zero-order valence-electron chi connectivity index (χ0n) is 18.2. The van der Waals surface area contributed by atoms with Crippen molar-refractivity contribution in [2.75, 3.05) is 13.2 Å². The van der Waals surface area contributed by atoms with E-state index >= 15 is 0 Å². The van der Waals surface area contributed by atoms with Gasteiger partial charge in [0.1, 0.15) is 18.6 Å². The average Bonchev–Trinajstić information content (AvgIpc) is 3.11. The van der Waals surface area contributed by atoms with Crippen molar-refractivity contribution in [3.05, 3.63) is 64.3 Å². The van der Waals surface area contributed by atoms with E-state index in [9.17, 15) is 4.79 Å². The van der Waals surface area contributed by atoms with Crippen molar-refractivity contribution < 1.29 is 18.6 Å². The van der Waals surface area contributed by atoms with Gasteiger partial charge in [-0.3, -0.25) is 4.79 Å². The van der Waals surface area contributed by atoms with Gasteiger partial charge in [0.05, 0.1) is 6.61 Å². The Hall–Kier alpha value is -2.57. The third-order valence-electron chi connectivity index (χ3n) is 5.70. The number of benzene rings is 1. The molecule has 1 fully saturated rings. The molecule has 3 heterocycles. The molecule has 0 spiro atoms. The van der Waals surface area contributed by atoms with Crippen LogP contribution in [-0.2, 0) is 22.6 Å². The fraction of sp³-hybridized carbons (Fsp3) is 0.480. The number of para-hydroxylation sites is 1. The zero-order chi connectivity index (χ0) is 21.5. The maximum Gasteiger partial charge on any atom is 0.227 e. The van der Waals surface area contributed by atoms with Crippen molar-refractivity contribution in [3.8, 4) is 5.75 Å². The highest BCUT2D eigenvalue weighted by Crippen LogP contribution is 2.20. The van der Waals surface area contributed by atoms with Gasteiger partial charge in [0.2, 0.25) is 11.2 Å². The molecule has 166 valence electrons. The second-order valence-corrected chi connectivity index (χ2v) is 8.09. The summed E-state index contributed by atoms with van der Waals surface area (Å²) >= 11 is 0. The molecule has 2 aromatic heterocycles. The summed E-state index contributed by atoms with van der Waals surface area (Å²) in [4.78, 5) is 12.3. The molecule has 0 bridgehead atoms. The van der Waals surface area contributed by atoms with Crippen LogP contribution in [0.2, 0.25) is 0 Å². The second kappa shape index (κ2) is 10.6. The van der Waals surface area contributed by atoms with E-state index in [-0.39, 0.29) is 24.1 Å². The van der Waals surface area contributed by atoms with E-state index in [0.29, 0.717) is 12.4 Å². The Kier molecular flexibility index (Phi) is 7.43. The molecule has 1 aliphatic rings. The maximum absolute atomic E-state index is 12.3. The summed E-state index contributed by atoms with van der Waals surface area (Å²) in [5.41, 5.74) is 2.39. The molecule has 0 radical (unpaired) electrons. The summed E-state index contributed by atoms with van der Waals surface area (Å²) in [6.07, 6.45) is 7.22. The van der Waals surface area contributed by atoms with E-state index in [1.54, 1.807) is 0 Å². The van der Waals surface area contributed by atoms with E-state index < -0.39 is 0 Å². The van der Waals surface area contributed by atoms with Crippen molar-refractivity contribution in [1.82, 2.24) is 4.57 Å². The maximum atomic E-state index is 12.3. The third kappa shape index (κ3) is 5.77. The van der Waals surface area contributed by atoms with Gasteiger partial charge in [-0.1, -0.05) is 18.2 Å². The molecule has 1 saturated heterocycles. The molecule has 0 saturated carbocycles. The molecule has 1 atom stereocenters. The van der Waals surface area contributed by atoms with Crippen LogP contribution in [-0.4, -0.2) is 24.1 Å². The van der Waals surface area contributed by atoms with Crippen LogP contribution in [0, 0.1) is 6.92 Å². The van der Waals surface area contributed by atoms with Crippen LogP contribution < -0.4 is 10.2 Å². The zero-order valence-corrected chi connectivity index (χ0v) is 18.2. The first-order valence-electron chi connectivity index (χ1n) is 11.2. The Bertz CT molecular complexity index is 1030. The average molecular weight is 426 g/mol. The molecule has 4 rings (SSSR count). The van der Waals surface area contributed by atoms with E-state index in [2.05, 4.69) is 41.8 Å². The van der Waals surface area contributed by atoms with Gasteiger partial charge in [-0.05, 0) is 63.0 Å². The first kappa shape index (κ1) is 21.7. The molecular formula is C25H31NO5. The summed E-state index contributed by atoms with van der Waals surface area (Å²) in [5, 5.41) is 1.29. The van der Waals surface area contributed by atoms with Crippen LogP contribution in [0.4, 0.5) is 0 Å². The van der Waals surface area contributed by atoms with E-state index in [0.717, 1.165) is 51.7 Å². The summed E-state index contributed by atoms with van der Waals surface area (Å²) in [5.74, 6) is 0.741. The van der Waals surface area contributed by atoms with Crippen molar-refractivity contribution in [2.24, 2.45) is 0 Å². The molecule has 3 aromatic rings. The minimum absolute atomic E-state index is 0.177. The van der Waals surface area contributed by atoms with Gasteiger partial charge in [-0.2, -0.15) is 0 Å². The predicted molar refractivity (Wildman–Crippen MR) is 119 cm³/mol. The van der Waals surface area contributed by atoms with Crippen LogP contribution in [0.3, 0.4) is 0 Å². The number of rotatable bonds is 10. The largest absolute Gasteiger partial charge is 0.487 e. The van der Waals surface area contributed by atoms with Gasteiger partial charge in [0.15, 0.2) is 6.29 Å². The highest BCUT2D eigenvalue weighted by atomic mass is 16.7. The van der Waals surface area contributed by atoms with Gasteiger partial charge < -0.3 is 23.2 Å². The lowest BCUT2D eigenvalue weighted by molar-refractivity contribution is -0.171. The molecule has 6 heteroatoms. The SMILES string of the molecule is Cc1cc2ccccc2n1CCCCCOc1coc(COC2CCCCO2)cc1=O. The smallest absolute Gasteiger partial charge is 0.227 e. The Morgan fingerprint density at radius 2 is 2.03 bits per heavy atom. The number of aryl methyl sites for hydroxylation is 2. The number of hydrogen-bond acceptors (Lipinski definition) is 5. The molecule has 1 aromatic carbocycles. The van der Waals surface area contributed by atoms with Crippen LogP contribution >= 0.6 is 0 Å². The highest BCUT2D eigenvalue weighted by Gasteiger charge is 2.15. The van der Waals surface area contributed by atoms with Crippen LogP contribution in [0.1, 0.15) is 50.0 Å². The second-order valence-electron chi connectivity index (χ2n) is 8.09. The van der Waals surface area contributed by atoms with E-state index in [1.165, 1.54) is 28.9 Å². The Labute approximate surface area is 182 Å². The van der Waals surface area contributed by atoms with Crippen molar-refractivity contribution >= 4 is 10.9 Å². The van der Waals surface area contributed by atoms with Crippen molar-refractivity contribution in [1.29, 1.82) is 0 Å². The fourth-order valence-electron chi connectivity index (χ4n) is 4.01. The first-order valence-corrected chi connectivity index (χ1v) is 11.2. The Balaban J connectivity index is 1.17. The summed E-state index contributed by atoms with van der Waals surface area (Å²) in [6, 6.07) is 12.2. The lowest BCUT2D eigenvalue weighted by Gasteiger charge is -2.22. The van der Waals surface area contributed by atoms with Crippen LogP contribution in [0.25, 0.3) is 10.9 Å². The van der Waals surface area contributed by atoms with Gasteiger partial charge in [0.25, 0.3) is 0 Å². The summed E-state index contributed by atoms with van der Waals surface area (Å²) in [7, 11) is 0. The van der Waals surface area contributed by atoms with Crippen molar-refractivity contribution in [2.45, 2.75) is 64.9 Å². The molecule has 1 aliphatic heterocycles. The summed E-state index contributed by atoms with van der Waals surface area (Å²) in [6.45, 7) is 4.60. The highest BCUT2D eigenvalue weighted by molar-refractivity contribution is 5.81. The van der Waals surface area contributed by atoms with Gasteiger partial charge in [0, 0.05) is 30.4 Å². The van der Waals surface area contributed by atoms with Gasteiger partial charge in [-0.25, -0.2) is 0 Å². The number of hydrogen-bond donors (Lipinski definition) is 0. The summed E-state index contributed by atoms with van der Waals surface area (Å²) < 4.78 is 24.7. The number of fused-ring (bicyclic) bond motifs is 1. The molecule has 0 N–H and O–H groups in total. The Morgan fingerprint density at radius 1 is 1.13 bits per heavy atom. The quantitative estimate of drug-likeness (QED) is 0.418. The lowest BCUT2D eigenvalue weighted by atomic mass is 10.2. The first-order chi connectivity index (χ1) is 15.2. The molecular weight excluding hydrogens is 394 g/mol. The normalized spacial score (nSPS) is 16.6. The fourth-order valence-corrected chi connectivity index (χ4v) is 4.01. The molecule has 1 unspecified atom stereocenters. The van der Waals surface area contributed by atoms with Crippen molar-refractivity contribution in [3.63, 3.8) is 0 Å².